The second-order valence-electron chi connectivity index (χ2n) is 7.34. The van der Waals surface area contributed by atoms with Crippen molar-refractivity contribution in [1.29, 1.82) is 0 Å². The molecule has 2 saturated heterocycles. The summed E-state index contributed by atoms with van der Waals surface area (Å²) in [5.74, 6) is -0.418. The molecule has 1 aromatic heterocycles. The molecule has 3 nitrogen and oxygen atoms in total. The Labute approximate surface area is 147 Å². The molecule has 0 aliphatic carbocycles. The van der Waals surface area contributed by atoms with E-state index in [0.717, 1.165) is 19.0 Å². The zero-order valence-corrected chi connectivity index (χ0v) is 14.5. The van der Waals surface area contributed by atoms with Crippen LogP contribution in [0.25, 0.3) is 11.4 Å². The van der Waals surface area contributed by atoms with Crippen LogP contribution in [-0.2, 0) is 6.54 Å². The van der Waals surface area contributed by atoms with E-state index in [0.29, 0.717) is 17.8 Å². The first-order chi connectivity index (χ1) is 12.2. The Hall–Kier alpha value is -1.75. The van der Waals surface area contributed by atoms with Crippen molar-refractivity contribution in [1.82, 2.24) is 14.5 Å². The highest BCUT2D eigenvalue weighted by Gasteiger charge is 2.32. The average molecular weight is 345 g/mol. The zero-order valence-electron chi connectivity index (χ0n) is 14.5. The van der Waals surface area contributed by atoms with Crippen LogP contribution in [0.2, 0.25) is 0 Å². The minimum Gasteiger partial charge on any atom is -0.331 e. The van der Waals surface area contributed by atoms with Gasteiger partial charge in [0.15, 0.2) is 11.6 Å². The number of piperidine rings is 2. The van der Waals surface area contributed by atoms with Gasteiger partial charge >= 0.3 is 0 Å². The molecule has 134 valence electrons. The maximum atomic E-state index is 14.1. The lowest BCUT2D eigenvalue weighted by atomic mass is 9.81. The predicted molar refractivity (Wildman–Crippen MR) is 94.1 cm³/mol. The van der Waals surface area contributed by atoms with Crippen LogP contribution in [0, 0.1) is 17.6 Å². The van der Waals surface area contributed by atoms with E-state index < -0.39 is 11.6 Å². The van der Waals surface area contributed by atoms with Crippen molar-refractivity contribution in [2.75, 3.05) is 13.1 Å². The van der Waals surface area contributed by atoms with Crippen molar-refractivity contribution >= 4 is 0 Å². The first-order valence-corrected chi connectivity index (χ1v) is 9.43. The summed E-state index contributed by atoms with van der Waals surface area (Å²) in [7, 11) is 0. The van der Waals surface area contributed by atoms with Crippen molar-refractivity contribution in [2.24, 2.45) is 5.92 Å². The van der Waals surface area contributed by atoms with Crippen molar-refractivity contribution in [3.8, 4) is 11.4 Å². The largest absolute Gasteiger partial charge is 0.331 e. The fraction of sp³-hybridized carbons (Fsp3) is 0.550. The zero-order chi connectivity index (χ0) is 17.2. The van der Waals surface area contributed by atoms with Crippen LogP contribution in [0.3, 0.4) is 0 Å². The highest BCUT2D eigenvalue weighted by molar-refractivity contribution is 5.56. The molecule has 0 saturated carbocycles. The van der Waals surface area contributed by atoms with Crippen LogP contribution in [0.15, 0.2) is 30.6 Å². The molecule has 0 radical (unpaired) electrons. The van der Waals surface area contributed by atoms with E-state index in [9.17, 15) is 8.78 Å². The standard InChI is InChI=1S/C20H25F2N3/c21-17-7-3-6-16(19(17)22)20-23-10-14-25(20)13-9-15-5-4-12-24-11-2-1-8-18(15)24/h3,6-7,10,14-15,18H,1-2,4-5,8-9,11-13H2/t15-,18+/m0/s1. The third kappa shape index (κ3) is 3.34. The third-order valence-corrected chi connectivity index (χ3v) is 5.88. The molecule has 0 N–H and O–H groups in total. The number of imidazole rings is 1. The lowest BCUT2D eigenvalue weighted by Gasteiger charge is -2.44. The molecule has 0 spiro atoms. The number of aromatic nitrogens is 2. The van der Waals surface area contributed by atoms with Gasteiger partial charge in [0.05, 0.1) is 5.56 Å². The molecule has 25 heavy (non-hydrogen) atoms. The lowest BCUT2D eigenvalue weighted by molar-refractivity contribution is 0.0539. The number of nitrogens with zero attached hydrogens (tertiary/aromatic N) is 3. The molecular weight excluding hydrogens is 320 g/mol. The van der Waals surface area contributed by atoms with E-state index in [1.165, 1.54) is 51.3 Å². The minimum absolute atomic E-state index is 0.243. The average Bonchev–Trinajstić information content (AvgIpc) is 3.10. The second kappa shape index (κ2) is 7.24. The van der Waals surface area contributed by atoms with Crippen molar-refractivity contribution in [3.05, 3.63) is 42.2 Å². The molecule has 2 aliphatic rings. The number of fused-ring (bicyclic) bond motifs is 1. The molecule has 5 heteroatoms. The van der Waals surface area contributed by atoms with E-state index in [1.54, 1.807) is 12.3 Å². The number of benzene rings is 1. The summed E-state index contributed by atoms with van der Waals surface area (Å²) in [4.78, 5) is 6.94. The predicted octanol–water partition coefficient (Wildman–Crippen LogP) is 4.48. The Bertz CT molecular complexity index is 725. The molecule has 0 bridgehead atoms. The van der Waals surface area contributed by atoms with Gasteiger partial charge in [0, 0.05) is 25.0 Å². The van der Waals surface area contributed by atoms with Crippen molar-refractivity contribution < 1.29 is 8.78 Å². The monoisotopic (exact) mass is 345 g/mol. The number of halogens is 2. The maximum Gasteiger partial charge on any atom is 0.169 e. The van der Waals surface area contributed by atoms with Gasteiger partial charge < -0.3 is 9.47 Å². The van der Waals surface area contributed by atoms with Crippen LogP contribution in [0.1, 0.15) is 38.5 Å². The molecule has 1 aromatic carbocycles. The molecule has 2 aliphatic heterocycles. The summed E-state index contributed by atoms with van der Waals surface area (Å²) < 4.78 is 29.6. The smallest absolute Gasteiger partial charge is 0.169 e. The van der Waals surface area contributed by atoms with Gasteiger partial charge in [-0.05, 0) is 63.2 Å². The Morgan fingerprint density at radius 2 is 1.96 bits per heavy atom. The Morgan fingerprint density at radius 3 is 2.88 bits per heavy atom. The number of aryl methyl sites for hydroxylation is 1. The Balaban J connectivity index is 1.49. The third-order valence-electron chi connectivity index (χ3n) is 5.88. The second-order valence-corrected chi connectivity index (χ2v) is 7.34. The van der Waals surface area contributed by atoms with Gasteiger partial charge in [0.1, 0.15) is 5.82 Å². The quantitative estimate of drug-likeness (QED) is 0.814. The van der Waals surface area contributed by atoms with Crippen LogP contribution in [0.4, 0.5) is 8.78 Å². The van der Waals surface area contributed by atoms with Crippen molar-refractivity contribution in [3.63, 3.8) is 0 Å². The van der Waals surface area contributed by atoms with Gasteiger partial charge in [-0.1, -0.05) is 12.5 Å². The Morgan fingerprint density at radius 1 is 1.08 bits per heavy atom. The van der Waals surface area contributed by atoms with Gasteiger partial charge in [0.25, 0.3) is 0 Å². The molecule has 2 aromatic rings. The summed E-state index contributed by atoms with van der Waals surface area (Å²) >= 11 is 0. The summed E-state index contributed by atoms with van der Waals surface area (Å²) in [5, 5.41) is 0. The number of hydrogen-bond acceptors (Lipinski definition) is 2. The molecule has 3 heterocycles. The van der Waals surface area contributed by atoms with Crippen LogP contribution < -0.4 is 0 Å². The summed E-state index contributed by atoms with van der Waals surface area (Å²) in [5.41, 5.74) is 0.243. The van der Waals surface area contributed by atoms with Crippen molar-refractivity contribution in [2.45, 2.75) is 51.1 Å². The minimum atomic E-state index is -0.822. The van der Waals surface area contributed by atoms with E-state index in [1.807, 2.05) is 10.8 Å². The van der Waals surface area contributed by atoms with Crippen LogP contribution in [0.5, 0.6) is 0 Å². The molecular formula is C20H25F2N3. The summed E-state index contributed by atoms with van der Waals surface area (Å²) in [6.07, 6.45) is 11.1. The van der Waals surface area contributed by atoms with E-state index in [4.69, 9.17) is 0 Å². The van der Waals surface area contributed by atoms with Gasteiger partial charge in [-0.25, -0.2) is 13.8 Å². The van der Waals surface area contributed by atoms with E-state index in [2.05, 4.69) is 9.88 Å². The number of rotatable bonds is 4. The Kier molecular flexibility index (Phi) is 4.84. The molecule has 0 amide bonds. The van der Waals surface area contributed by atoms with Crippen LogP contribution >= 0.6 is 0 Å². The molecule has 0 unspecified atom stereocenters. The fourth-order valence-corrected chi connectivity index (χ4v) is 4.63. The fourth-order valence-electron chi connectivity index (χ4n) is 4.63. The van der Waals surface area contributed by atoms with Crippen LogP contribution in [-0.4, -0.2) is 33.6 Å². The van der Waals surface area contributed by atoms with Gasteiger partial charge in [0.2, 0.25) is 0 Å². The topological polar surface area (TPSA) is 21.1 Å². The first-order valence-electron chi connectivity index (χ1n) is 9.43. The van der Waals surface area contributed by atoms with Gasteiger partial charge in [-0.3, -0.25) is 0 Å². The maximum absolute atomic E-state index is 14.1. The summed E-state index contributed by atoms with van der Waals surface area (Å²) in [6, 6.07) is 4.99. The lowest BCUT2D eigenvalue weighted by Crippen LogP contribution is -2.48. The highest BCUT2D eigenvalue weighted by Crippen LogP contribution is 2.33. The molecule has 4 rings (SSSR count). The van der Waals surface area contributed by atoms with Gasteiger partial charge in [-0.2, -0.15) is 0 Å². The highest BCUT2D eigenvalue weighted by atomic mass is 19.2. The molecule has 2 fully saturated rings. The van der Waals surface area contributed by atoms with E-state index >= 15 is 0 Å². The normalized spacial score (nSPS) is 24.2. The summed E-state index contributed by atoms with van der Waals surface area (Å²) in [6.45, 7) is 3.29. The molecule has 2 atom stereocenters. The first kappa shape index (κ1) is 16.7. The van der Waals surface area contributed by atoms with Gasteiger partial charge in [-0.15, -0.1) is 0 Å². The van der Waals surface area contributed by atoms with E-state index in [-0.39, 0.29) is 5.56 Å². The number of hydrogen-bond donors (Lipinski definition) is 0. The SMILES string of the molecule is Fc1cccc(-c2nccn2CC[C@@H]2CCCN3CCCC[C@H]23)c1F.